The molecule has 0 fully saturated rings. The van der Waals surface area contributed by atoms with Crippen LogP contribution in [0, 0.1) is 0 Å². The van der Waals surface area contributed by atoms with Crippen molar-refractivity contribution in [3.8, 4) is 11.3 Å². The van der Waals surface area contributed by atoms with Crippen LogP contribution in [0.5, 0.6) is 0 Å². The van der Waals surface area contributed by atoms with E-state index in [1.807, 2.05) is 24.3 Å². The average Bonchev–Trinajstić information content (AvgIpc) is 3.18. The van der Waals surface area contributed by atoms with Crippen LogP contribution < -0.4 is 16.6 Å². The molecule has 4 rings (SSSR count). The predicted molar refractivity (Wildman–Crippen MR) is 82.4 cm³/mol. The summed E-state index contributed by atoms with van der Waals surface area (Å²) in [6.07, 6.45) is 1.62. The van der Waals surface area contributed by atoms with Gasteiger partial charge in [-0.1, -0.05) is 17.3 Å². The lowest BCUT2D eigenvalue weighted by molar-refractivity contribution is 0.942. The summed E-state index contributed by atoms with van der Waals surface area (Å²) in [6.45, 7) is 0. The number of aromatic amines is 4. The van der Waals surface area contributed by atoms with Gasteiger partial charge in [0, 0.05) is 11.3 Å². The van der Waals surface area contributed by atoms with Gasteiger partial charge in [-0.25, -0.2) is 4.79 Å². The lowest BCUT2D eigenvalue weighted by atomic mass is 10.1. The molecule has 0 unspecified atom stereocenters. The van der Waals surface area contributed by atoms with Crippen LogP contribution in [-0.4, -0.2) is 35.6 Å². The first kappa shape index (κ1) is 13.0. The predicted octanol–water partition coefficient (Wildman–Crippen LogP) is 0.468. The van der Waals surface area contributed by atoms with E-state index >= 15 is 0 Å². The lowest BCUT2D eigenvalue weighted by Gasteiger charge is -2.04. The number of rotatable bonds is 3. The SMILES string of the molecule is O=c1[nH]c(=O)c2c(Nc3ccc(-c4cnn[nH]4)cc3)n[nH]c2[nH]1. The van der Waals surface area contributed by atoms with E-state index in [1.165, 1.54) is 0 Å². The first-order chi connectivity index (χ1) is 11.2. The molecule has 0 saturated heterocycles. The molecule has 0 aliphatic rings. The highest BCUT2D eigenvalue weighted by molar-refractivity contribution is 5.88. The van der Waals surface area contributed by atoms with Crippen LogP contribution in [0.2, 0.25) is 0 Å². The van der Waals surface area contributed by atoms with Gasteiger partial charge in [0.25, 0.3) is 5.56 Å². The number of H-pyrrole nitrogens is 4. The third kappa shape index (κ3) is 2.27. The summed E-state index contributed by atoms with van der Waals surface area (Å²) >= 11 is 0. The fourth-order valence-electron chi connectivity index (χ4n) is 2.26. The Balaban J connectivity index is 1.68. The molecule has 10 heteroatoms. The van der Waals surface area contributed by atoms with E-state index in [-0.39, 0.29) is 11.0 Å². The van der Waals surface area contributed by atoms with Crippen molar-refractivity contribution in [1.29, 1.82) is 0 Å². The third-order valence-corrected chi connectivity index (χ3v) is 3.33. The van der Waals surface area contributed by atoms with E-state index in [2.05, 4.69) is 40.9 Å². The van der Waals surface area contributed by atoms with Gasteiger partial charge in [-0.05, 0) is 12.1 Å². The molecule has 0 aliphatic heterocycles. The minimum Gasteiger partial charge on any atom is -0.338 e. The van der Waals surface area contributed by atoms with Crippen molar-refractivity contribution in [2.24, 2.45) is 0 Å². The highest BCUT2D eigenvalue weighted by Crippen LogP contribution is 2.22. The standard InChI is InChI=1S/C13H10N8O2/c22-12-9-10(19-20-11(9)16-13(23)17-12)15-7-3-1-6(2-4-7)8-5-14-21-18-8/h1-5H,(H,14,18,21)(H4,15,16,17,19,20,22,23). The van der Waals surface area contributed by atoms with Gasteiger partial charge in [0.05, 0.1) is 11.9 Å². The molecule has 5 N–H and O–H groups in total. The minimum absolute atomic E-state index is 0.256. The van der Waals surface area contributed by atoms with Crippen LogP contribution in [0.15, 0.2) is 40.1 Å². The summed E-state index contributed by atoms with van der Waals surface area (Å²) in [7, 11) is 0. The number of fused-ring (bicyclic) bond motifs is 1. The minimum atomic E-state index is -0.588. The van der Waals surface area contributed by atoms with E-state index in [0.717, 1.165) is 16.9 Å². The van der Waals surface area contributed by atoms with E-state index in [9.17, 15) is 9.59 Å². The van der Waals surface area contributed by atoms with E-state index in [1.54, 1.807) is 6.20 Å². The van der Waals surface area contributed by atoms with Crippen molar-refractivity contribution in [3.63, 3.8) is 0 Å². The van der Waals surface area contributed by atoms with Crippen molar-refractivity contribution in [3.05, 3.63) is 51.3 Å². The summed E-state index contributed by atoms with van der Waals surface area (Å²) in [6, 6.07) is 7.41. The van der Waals surface area contributed by atoms with Crippen molar-refractivity contribution < 1.29 is 0 Å². The smallest absolute Gasteiger partial charge is 0.327 e. The van der Waals surface area contributed by atoms with Gasteiger partial charge >= 0.3 is 5.69 Å². The summed E-state index contributed by atoms with van der Waals surface area (Å²) < 4.78 is 0. The Hall–Kier alpha value is -3.69. The number of hydrogen-bond donors (Lipinski definition) is 5. The number of nitrogens with one attached hydrogen (secondary N) is 5. The fraction of sp³-hybridized carbons (Fsp3) is 0. The van der Waals surface area contributed by atoms with Crippen molar-refractivity contribution >= 4 is 22.5 Å². The molecular weight excluding hydrogens is 300 g/mol. The van der Waals surface area contributed by atoms with Gasteiger partial charge in [-0.2, -0.15) is 5.10 Å². The summed E-state index contributed by atoms with van der Waals surface area (Å²) in [5.74, 6) is 0.327. The van der Waals surface area contributed by atoms with Crippen molar-refractivity contribution in [2.45, 2.75) is 0 Å². The Morgan fingerprint density at radius 3 is 2.57 bits per heavy atom. The van der Waals surface area contributed by atoms with E-state index in [0.29, 0.717) is 5.82 Å². The maximum atomic E-state index is 11.9. The molecule has 0 radical (unpaired) electrons. The second kappa shape index (κ2) is 4.94. The number of aromatic nitrogens is 7. The second-order valence-electron chi connectivity index (χ2n) is 4.80. The van der Waals surface area contributed by atoms with Gasteiger partial charge in [-0.15, -0.1) is 5.10 Å². The zero-order chi connectivity index (χ0) is 15.8. The molecule has 3 heterocycles. The molecular formula is C13H10N8O2. The molecule has 114 valence electrons. The average molecular weight is 310 g/mol. The quantitative estimate of drug-likeness (QED) is 0.371. The Bertz CT molecular complexity index is 1070. The maximum absolute atomic E-state index is 11.9. The molecule has 0 bridgehead atoms. The number of benzene rings is 1. The molecule has 23 heavy (non-hydrogen) atoms. The topological polar surface area (TPSA) is 148 Å². The van der Waals surface area contributed by atoms with Crippen LogP contribution in [0.1, 0.15) is 0 Å². The third-order valence-electron chi connectivity index (χ3n) is 3.33. The largest absolute Gasteiger partial charge is 0.338 e. The molecule has 0 amide bonds. The van der Waals surface area contributed by atoms with Gasteiger partial charge < -0.3 is 5.32 Å². The van der Waals surface area contributed by atoms with Gasteiger partial charge in [0.1, 0.15) is 11.0 Å². The number of anilines is 2. The monoisotopic (exact) mass is 310 g/mol. The molecule has 3 aromatic heterocycles. The molecule has 0 atom stereocenters. The number of nitrogens with zero attached hydrogens (tertiary/aromatic N) is 3. The Kier molecular flexibility index (Phi) is 2.80. The van der Waals surface area contributed by atoms with Gasteiger partial charge in [0.2, 0.25) is 0 Å². The Morgan fingerprint density at radius 2 is 1.83 bits per heavy atom. The highest BCUT2D eigenvalue weighted by atomic mass is 16.2. The van der Waals surface area contributed by atoms with Gasteiger partial charge in [0.15, 0.2) is 5.82 Å². The van der Waals surface area contributed by atoms with Gasteiger partial charge in [-0.3, -0.25) is 25.0 Å². The van der Waals surface area contributed by atoms with Crippen LogP contribution in [0.3, 0.4) is 0 Å². The first-order valence-electron chi connectivity index (χ1n) is 6.65. The Labute approximate surface area is 127 Å². The molecule has 0 saturated carbocycles. The second-order valence-corrected chi connectivity index (χ2v) is 4.80. The van der Waals surface area contributed by atoms with E-state index in [4.69, 9.17) is 0 Å². The van der Waals surface area contributed by atoms with Crippen LogP contribution in [0.25, 0.3) is 22.3 Å². The maximum Gasteiger partial charge on any atom is 0.327 e. The molecule has 0 spiro atoms. The van der Waals surface area contributed by atoms with Crippen molar-refractivity contribution in [2.75, 3.05) is 5.32 Å². The molecule has 4 aromatic rings. The molecule has 1 aromatic carbocycles. The fourth-order valence-corrected chi connectivity index (χ4v) is 2.26. The lowest BCUT2D eigenvalue weighted by Crippen LogP contribution is -2.21. The Morgan fingerprint density at radius 1 is 1.00 bits per heavy atom. The summed E-state index contributed by atoms with van der Waals surface area (Å²) in [4.78, 5) is 27.8. The van der Waals surface area contributed by atoms with Crippen molar-refractivity contribution in [1.82, 2.24) is 35.6 Å². The van der Waals surface area contributed by atoms with Crippen LogP contribution >= 0.6 is 0 Å². The van der Waals surface area contributed by atoms with E-state index < -0.39 is 11.2 Å². The summed E-state index contributed by atoms with van der Waals surface area (Å²) in [5, 5.41) is 20.1. The molecule has 0 aliphatic carbocycles. The first-order valence-corrected chi connectivity index (χ1v) is 6.65. The number of hydrogen-bond acceptors (Lipinski definition) is 6. The summed E-state index contributed by atoms with van der Waals surface area (Å²) in [5.41, 5.74) is 1.63. The van der Waals surface area contributed by atoms with Crippen LogP contribution in [0.4, 0.5) is 11.5 Å². The highest BCUT2D eigenvalue weighted by Gasteiger charge is 2.11. The normalized spacial score (nSPS) is 11.0. The zero-order valence-corrected chi connectivity index (χ0v) is 11.5. The molecule has 10 nitrogen and oxygen atoms in total. The van der Waals surface area contributed by atoms with Crippen LogP contribution in [-0.2, 0) is 0 Å². The zero-order valence-electron chi connectivity index (χ0n) is 11.5.